The molecule has 2 rings (SSSR count). The van der Waals surface area contributed by atoms with Crippen LogP contribution in [0.15, 0.2) is 22.7 Å². The van der Waals surface area contributed by atoms with E-state index < -0.39 is 5.82 Å². The van der Waals surface area contributed by atoms with Crippen LogP contribution in [0.3, 0.4) is 0 Å². The molecule has 1 aliphatic carbocycles. The van der Waals surface area contributed by atoms with Crippen LogP contribution < -0.4 is 5.32 Å². The molecule has 18 heavy (non-hydrogen) atoms. The highest BCUT2D eigenvalue weighted by atomic mass is 79.9. The number of carbonyl (C=O) groups is 1. The summed E-state index contributed by atoms with van der Waals surface area (Å²) in [5, 5.41) is 2.96. The van der Waals surface area contributed by atoms with E-state index in [1.165, 1.54) is 18.2 Å². The van der Waals surface area contributed by atoms with Crippen molar-refractivity contribution in [2.24, 2.45) is 0 Å². The van der Waals surface area contributed by atoms with Gasteiger partial charge in [0.2, 0.25) is 0 Å². The van der Waals surface area contributed by atoms with Gasteiger partial charge < -0.3 is 5.32 Å². The maximum Gasteiger partial charge on any atom is 0.253 e. The first-order valence-corrected chi connectivity index (χ1v) is 7.23. The lowest BCUT2D eigenvalue weighted by atomic mass is 9.99. The molecular weight excluding hydrogens is 321 g/mol. The Balaban J connectivity index is 2.18. The second-order valence-electron chi connectivity index (χ2n) is 4.70. The number of hydrogen-bond donors (Lipinski definition) is 1. The zero-order valence-electron chi connectivity index (χ0n) is 9.81. The van der Waals surface area contributed by atoms with Gasteiger partial charge in [0.05, 0.1) is 11.1 Å². The van der Waals surface area contributed by atoms with Crippen LogP contribution in [-0.4, -0.2) is 17.3 Å². The highest BCUT2D eigenvalue weighted by Gasteiger charge is 2.35. The summed E-state index contributed by atoms with van der Waals surface area (Å²) in [5.41, 5.74) is -0.0175. The fourth-order valence-corrected chi connectivity index (χ4v) is 3.08. The third-order valence-corrected chi connectivity index (χ3v) is 4.57. The van der Waals surface area contributed by atoms with Crippen molar-refractivity contribution >= 4 is 33.4 Å². The van der Waals surface area contributed by atoms with Gasteiger partial charge in [-0.1, -0.05) is 12.8 Å². The zero-order valence-corrected chi connectivity index (χ0v) is 12.2. The van der Waals surface area contributed by atoms with Gasteiger partial charge in [0.25, 0.3) is 5.91 Å². The Labute approximate surface area is 119 Å². The first-order valence-electron chi connectivity index (χ1n) is 5.90. The molecule has 0 heterocycles. The Morgan fingerprint density at radius 2 is 2.11 bits per heavy atom. The number of halogens is 3. The van der Waals surface area contributed by atoms with E-state index >= 15 is 0 Å². The van der Waals surface area contributed by atoms with Crippen LogP contribution in [0.2, 0.25) is 0 Å². The molecule has 98 valence electrons. The van der Waals surface area contributed by atoms with Gasteiger partial charge in [0.1, 0.15) is 5.82 Å². The third-order valence-electron chi connectivity index (χ3n) is 3.37. The lowest BCUT2D eigenvalue weighted by Gasteiger charge is -2.28. The van der Waals surface area contributed by atoms with Crippen LogP contribution in [0.1, 0.15) is 36.0 Å². The number of alkyl halides is 1. The molecule has 0 aliphatic heterocycles. The number of hydrogen-bond acceptors (Lipinski definition) is 1. The Kier molecular flexibility index (Phi) is 4.28. The van der Waals surface area contributed by atoms with Crippen LogP contribution in [0.4, 0.5) is 4.39 Å². The SMILES string of the molecule is O=C(NC1(CCl)CCCC1)c1cc(F)ccc1Br. The van der Waals surface area contributed by atoms with Crippen molar-refractivity contribution < 1.29 is 9.18 Å². The van der Waals surface area contributed by atoms with E-state index in [4.69, 9.17) is 11.6 Å². The van der Waals surface area contributed by atoms with Gasteiger partial charge in [-0.25, -0.2) is 4.39 Å². The molecule has 0 radical (unpaired) electrons. The summed E-state index contributed by atoms with van der Waals surface area (Å²) in [7, 11) is 0. The van der Waals surface area contributed by atoms with E-state index in [2.05, 4.69) is 21.2 Å². The molecule has 1 fully saturated rings. The maximum atomic E-state index is 13.2. The summed E-state index contributed by atoms with van der Waals surface area (Å²) in [6.07, 6.45) is 3.90. The summed E-state index contributed by atoms with van der Waals surface area (Å²) < 4.78 is 13.8. The quantitative estimate of drug-likeness (QED) is 0.835. The van der Waals surface area contributed by atoms with Gasteiger partial charge in [0, 0.05) is 10.4 Å². The molecule has 1 N–H and O–H groups in total. The first kappa shape index (κ1) is 13.8. The monoisotopic (exact) mass is 333 g/mol. The number of rotatable bonds is 3. The first-order chi connectivity index (χ1) is 8.56. The van der Waals surface area contributed by atoms with Crippen molar-refractivity contribution in [1.29, 1.82) is 0 Å². The van der Waals surface area contributed by atoms with Gasteiger partial charge in [-0.05, 0) is 47.0 Å². The van der Waals surface area contributed by atoms with Gasteiger partial charge >= 0.3 is 0 Å². The van der Waals surface area contributed by atoms with E-state index in [1.807, 2.05) is 0 Å². The minimum atomic E-state index is -0.422. The summed E-state index contributed by atoms with van der Waals surface area (Å²) in [5.74, 6) is -0.301. The molecule has 0 bridgehead atoms. The number of amides is 1. The predicted octanol–water partition coefficient (Wildman–Crippen LogP) is 3.87. The van der Waals surface area contributed by atoms with Gasteiger partial charge in [-0.2, -0.15) is 0 Å². The van der Waals surface area contributed by atoms with Gasteiger partial charge in [-0.15, -0.1) is 11.6 Å². The number of nitrogens with one attached hydrogen (secondary N) is 1. The van der Waals surface area contributed by atoms with Crippen LogP contribution in [0, 0.1) is 5.82 Å². The molecule has 1 aromatic rings. The van der Waals surface area contributed by atoms with E-state index in [1.54, 1.807) is 0 Å². The molecule has 1 aliphatic rings. The molecule has 1 aromatic carbocycles. The normalized spacial score (nSPS) is 17.7. The second-order valence-corrected chi connectivity index (χ2v) is 5.82. The van der Waals surface area contributed by atoms with Crippen molar-refractivity contribution in [2.75, 3.05) is 5.88 Å². The van der Waals surface area contributed by atoms with E-state index in [-0.39, 0.29) is 11.4 Å². The van der Waals surface area contributed by atoms with Crippen LogP contribution in [0.25, 0.3) is 0 Å². The third kappa shape index (κ3) is 2.86. The lowest BCUT2D eigenvalue weighted by molar-refractivity contribution is 0.0908. The van der Waals surface area contributed by atoms with E-state index in [9.17, 15) is 9.18 Å². The van der Waals surface area contributed by atoms with E-state index in [0.717, 1.165) is 25.7 Å². The standard InChI is InChI=1S/C13H14BrClFNO/c14-11-4-3-9(16)7-10(11)12(18)17-13(8-15)5-1-2-6-13/h3-4,7H,1-2,5-6,8H2,(H,17,18). The van der Waals surface area contributed by atoms with Gasteiger partial charge in [0.15, 0.2) is 0 Å². The molecule has 1 saturated carbocycles. The molecule has 5 heteroatoms. The van der Waals surface area contributed by atoms with Crippen molar-refractivity contribution in [2.45, 2.75) is 31.2 Å². The van der Waals surface area contributed by atoms with Crippen LogP contribution in [-0.2, 0) is 0 Å². The van der Waals surface area contributed by atoms with Gasteiger partial charge in [-0.3, -0.25) is 4.79 Å². The van der Waals surface area contributed by atoms with Crippen molar-refractivity contribution in [3.8, 4) is 0 Å². The topological polar surface area (TPSA) is 29.1 Å². The summed E-state index contributed by atoms with van der Waals surface area (Å²) >= 11 is 9.23. The van der Waals surface area contributed by atoms with Crippen molar-refractivity contribution in [3.63, 3.8) is 0 Å². The van der Waals surface area contributed by atoms with E-state index in [0.29, 0.717) is 15.9 Å². The summed E-state index contributed by atoms with van der Waals surface area (Å²) in [4.78, 5) is 12.2. The van der Waals surface area contributed by atoms with Crippen molar-refractivity contribution in [1.82, 2.24) is 5.32 Å². The zero-order chi connectivity index (χ0) is 13.2. The highest BCUT2D eigenvalue weighted by molar-refractivity contribution is 9.10. The fourth-order valence-electron chi connectivity index (χ4n) is 2.32. The number of carbonyl (C=O) groups excluding carboxylic acids is 1. The fraction of sp³-hybridized carbons (Fsp3) is 0.462. The Morgan fingerprint density at radius 3 is 2.72 bits per heavy atom. The number of benzene rings is 1. The average molecular weight is 335 g/mol. The Morgan fingerprint density at radius 1 is 1.44 bits per heavy atom. The van der Waals surface area contributed by atoms with Crippen molar-refractivity contribution in [3.05, 3.63) is 34.1 Å². The second kappa shape index (κ2) is 5.57. The lowest BCUT2D eigenvalue weighted by Crippen LogP contribution is -2.48. The molecule has 0 unspecified atom stereocenters. The molecule has 1 amide bonds. The molecule has 2 nitrogen and oxygen atoms in total. The largest absolute Gasteiger partial charge is 0.345 e. The minimum Gasteiger partial charge on any atom is -0.345 e. The maximum absolute atomic E-state index is 13.2. The molecule has 0 saturated heterocycles. The Bertz CT molecular complexity index is 460. The smallest absolute Gasteiger partial charge is 0.253 e. The average Bonchev–Trinajstić information content (AvgIpc) is 2.81. The molecule has 0 spiro atoms. The molecule has 0 atom stereocenters. The minimum absolute atomic E-state index is 0.274. The van der Waals surface area contributed by atoms with Crippen LogP contribution >= 0.6 is 27.5 Å². The highest BCUT2D eigenvalue weighted by Crippen LogP contribution is 2.31. The predicted molar refractivity (Wildman–Crippen MR) is 73.5 cm³/mol. The van der Waals surface area contributed by atoms with Crippen LogP contribution in [0.5, 0.6) is 0 Å². The molecular formula is C13H14BrClFNO. The summed E-state index contributed by atoms with van der Waals surface area (Å²) in [6, 6.07) is 4.08. The summed E-state index contributed by atoms with van der Waals surface area (Å²) in [6.45, 7) is 0. The molecule has 0 aromatic heterocycles. The Hall–Kier alpha value is -0.610.